The fourth-order valence-electron chi connectivity index (χ4n) is 2.07. The Labute approximate surface area is 128 Å². The molecule has 0 aromatic heterocycles. The van der Waals surface area contributed by atoms with Crippen molar-refractivity contribution in [3.63, 3.8) is 0 Å². The van der Waals surface area contributed by atoms with Crippen molar-refractivity contribution >= 4 is 21.8 Å². The molecule has 1 aliphatic heterocycles. The van der Waals surface area contributed by atoms with Crippen molar-refractivity contribution < 1.29 is 22.7 Å². The average molecular weight is 367 g/mol. The monoisotopic (exact) mass is 366 g/mol. The summed E-state index contributed by atoms with van der Waals surface area (Å²) in [6.07, 6.45) is -4.78. The number of likely N-dealkylation sites (N-methyl/N-ethyl adjacent to an activating group) is 1. The van der Waals surface area contributed by atoms with E-state index in [2.05, 4.69) is 25.6 Å². The maximum absolute atomic E-state index is 12.3. The molecule has 116 valence electrons. The second-order valence-electron chi connectivity index (χ2n) is 4.82. The second kappa shape index (κ2) is 6.23. The minimum absolute atomic E-state index is 0.174. The van der Waals surface area contributed by atoms with Crippen LogP contribution in [0, 0.1) is 0 Å². The van der Waals surface area contributed by atoms with Crippen LogP contribution in [0.15, 0.2) is 22.7 Å². The highest BCUT2D eigenvalue weighted by Crippen LogP contribution is 2.27. The molecule has 1 fully saturated rings. The number of hydrogen-bond acceptors (Lipinski definition) is 3. The third kappa shape index (κ3) is 4.60. The Morgan fingerprint density at radius 2 is 1.81 bits per heavy atom. The number of ether oxygens (including phenoxy) is 1. The largest absolute Gasteiger partial charge is 0.573 e. The van der Waals surface area contributed by atoms with E-state index in [1.54, 1.807) is 4.90 Å². The number of carbonyl (C=O) groups excluding carboxylic acids is 1. The van der Waals surface area contributed by atoms with E-state index in [1.807, 2.05) is 7.05 Å². The molecule has 0 radical (unpaired) electrons. The van der Waals surface area contributed by atoms with Gasteiger partial charge in [-0.05, 0) is 25.2 Å². The number of nitrogens with zero attached hydrogens (tertiary/aromatic N) is 2. The van der Waals surface area contributed by atoms with Gasteiger partial charge in [-0.3, -0.25) is 4.79 Å². The Morgan fingerprint density at radius 3 is 2.38 bits per heavy atom. The lowest BCUT2D eigenvalue weighted by Gasteiger charge is -2.32. The lowest BCUT2D eigenvalue weighted by atomic mass is 10.1. The molecule has 0 saturated carbocycles. The summed E-state index contributed by atoms with van der Waals surface area (Å²) in [5.74, 6) is -0.703. The van der Waals surface area contributed by atoms with E-state index in [-0.39, 0.29) is 11.5 Å². The van der Waals surface area contributed by atoms with Gasteiger partial charge < -0.3 is 14.5 Å². The van der Waals surface area contributed by atoms with Crippen molar-refractivity contribution in [1.82, 2.24) is 9.80 Å². The van der Waals surface area contributed by atoms with Gasteiger partial charge in [-0.15, -0.1) is 13.2 Å². The number of carbonyl (C=O) groups is 1. The number of piperazine rings is 1. The molecular formula is C13H14BrF3N2O2. The fourth-order valence-corrected chi connectivity index (χ4v) is 2.54. The highest BCUT2D eigenvalue weighted by molar-refractivity contribution is 9.10. The Kier molecular flexibility index (Phi) is 4.77. The van der Waals surface area contributed by atoms with Crippen LogP contribution in [0.25, 0.3) is 0 Å². The second-order valence-corrected chi connectivity index (χ2v) is 5.73. The number of hydrogen-bond donors (Lipinski definition) is 0. The Morgan fingerprint density at radius 1 is 1.19 bits per heavy atom. The van der Waals surface area contributed by atoms with Crippen molar-refractivity contribution in [2.45, 2.75) is 6.36 Å². The normalized spacial score (nSPS) is 16.9. The summed E-state index contributed by atoms with van der Waals surface area (Å²) in [7, 11) is 1.95. The summed E-state index contributed by atoms with van der Waals surface area (Å²) in [6, 6.07) is 3.77. The smallest absolute Gasteiger partial charge is 0.406 e. The van der Waals surface area contributed by atoms with Crippen molar-refractivity contribution in [3.05, 3.63) is 28.2 Å². The highest BCUT2D eigenvalue weighted by Gasteiger charge is 2.31. The zero-order chi connectivity index (χ0) is 15.6. The van der Waals surface area contributed by atoms with Gasteiger partial charge in [0.05, 0.1) is 0 Å². The van der Waals surface area contributed by atoms with Gasteiger partial charge in [-0.2, -0.15) is 0 Å². The molecule has 0 bridgehead atoms. The van der Waals surface area contributed by atoms with Crippen LogP contribution >= 0.6 is 15.9 Å². The van der Waals surface area contributed by atoms with Crippen molar-refractivity contribution in [1.29, 1.82) is 0 Å². The maximum Gasteiger partial charge on any atom is 0.573 e. The van der Waals surface area contributed by atoms with Crippen LogP contribution in [-0.4, -0.2) is 55.3 Å². The molecule has 1 aliphatic rings. The predicted octanol–water partition coefficient (Wildman–Crippen LogP) is 2.74. The van der Waals surface area contributed by atoms with E-state index < -0.39 is 12.1 Å². The lowest BCUT2D eigenvalue weighted by Crippen LogP contribution is -2.47. The molecule has 21 heavy (non-hydrogen) atoms. The number of benzene rings is 1. The first-order chi connectivity index (χ1) is 9.74. The third-order valence-corrected chi connectivity index (χ3v) is 3.60. The fraction of sp³-hybridized carbons (Fsp3) is 0.462. The molecule has 0 unspecified atom stereocenters. The number of amides is 1. The molecule has 1 amide bonds. The van der Waals surface area contributed by atoms with Crippen molar-refractivity contribution in [2.75, 3.05) is 33.2 Å². The summed E-state index contributed by atoms with van der Waals surface area (Å²) in [5, 5.41) is 0. The Bertz CT molecular complexity index is 529. The molecular weight excluding hydrogens is 353 g/mol. The molecule has 0 N–H and O–H groups in total. The molecule has 8 heteroatoms. The van der Waals surface area contributed by atoms with Gasteiger partial charge in [-0.25, -0.2) is 0 Å². The first kappa shape index (κ1) is 16.1. The highest BCUT2D eigenvalue weighted by atomic mass is 79.9. The molecule has 2 rings (SSSR count). The van der Waals surface area contributed by atoms with E-state index in [0.717, 1.165) is 19.2 Å². The molecule has 4 nitrogen and oxygen atoms in total. The van der Waals surface area contributed by atoms with Gasteiger partial charge in [-0.1, -0.05) is 15.9 Å². The summed E-state index contributed by atoms with van der Waals surface area (Å²) in [6.45, 7) is 2.59. The molecule has 1 aromatic carbocycles. The topological polar surface area (TPSA) is 32.8 Å². The predicted molar refractivity (Wildman–Crippen MR) is 74.2 cm³/mol. The molecule has 0 aliphatic carbocycles. The molecule has 0 atom stereocenters. The van der Waals surface area contributed by atoms with Gasteiger partial charge in [0.25, 0.3) is 5.91 Å². The Hall–Kier alpha value is -1.28. The SMILES string of the molecule is CN1CCN(C(=O)c2cc(Br)cc(OC(F)(F)F)c2)CC1. The average Bonchev–Trinajstić information content (AvgIpc) is 2.36. The van der Waals surface area contributed by atoms with Gasteiger partial charge in [0.15, 0.2) is 0 Å². The molecule has 1 aromatic rings. The van der Waals surface area contributed by atoms with Crippen LogP contribution in [0.5, 0.6) is 5.75 Å². The molecule has 1 heterocycles. The molecule has 0 spiro atoms. The molecule has 1 saturated heterocycles. The van der Waals surface area contributed by atoms with Gasteiger partial charge in [0.2, 0.25) is 0 Å². The van der Waals surface area contributed by atoms with Crippen LogP contribution in [0.1, 0.15) is 10.4 Å². The summed E-state index contributed by atoms with van der Waals surface area (Å²) in [4.78, 5) is 16.0. The van der Waals surface area contributed by atoms with E-state index >= 15 is 0 Å². The standard InChI is InChI=1S/C13H14BrF3N2O2/c1-18-2-4-19(5-3-18)12(20)9-6-10(14)8-11(7-9)21-13(15,16)17/h6-8H,2-5H2,1H3. The first-order valence-corrected chi connectivity index (χ1v) is 7.08. The van der Waals surface area contributed by atoms with Crippen molar-refractivity contribution in [2.24, 2.45) is 0 Å². The minimum Gasteiger partial charge on any atom is -0.406 e. The first-order valence-electron chi connectivity index (χ1n) is 6.29. The third-order valence-electron chi connectivity index (χ3n) is 3.14. The summed E-state index contributed by atoms with van der Waals surface area (Å²) in [5.41, 5.74) is 0.174. The van der Waals surface area contributed by atoms with E-state index in [4.69, 9.17) is 0 Å². The van der Waals surface area contributed by atoms with E-state index in [1.165, 1.54) is 12.1 Å². The van der Waals surface area contributed by atoms with Crippen molar-refractivity contribution in [3.8, 4) is 5.75 Å². The summed E-state index contributed by atoms with van der Waals surface area (Å²) >= 11 is 3.10. The number of rotatable bonds is 2. The van der Waals surface area contributed by atoms with E-state index in [9.17, 15) is 18.0 Å². The van der Waals surface area contributed by atoms with E-state index in [0.29, 0.717) is 17.6 Å². The van der Waals surface area contributed by atoms with Crippen LogP contribution in [-0.2, 0) is 0 Å². The zero-order valence-corrected chi connectivity index (χ0v) is 12.9. The number of alkyl halides is 3. The van der Waals surface area contributed by atoms with Gasteiger partial charge >= 0.3 is 6.36 Å². The Balaban J connectivity index is 2.17. The van der Waals surface area contributed by atoms with Gasteiger partial charge in [0, 0.05) is 36.2 Å². The summed E-state index contributed by atoms with van der Waals surface area (Å²) < 4.78 is 41.0. The maximum atomic E-state index is 12.3. The number of halogens is 4. The van der Waals surface area contributed by atoms with Gasteiger partial charge in [0.1, 0.15) is 5.75 Å². The van der Waals surface area contributed by atoms with Crippen LogP contribution < -0.4 is 4.74 Å². The quantitative estimate of drug-likeness (QED) is 0.806. The minimum atomic E-state index is -4.78. The van der Waals surface area contributed by atoms with Crippen LogP contribution in [0.4, 0.5) is 13.2 Å². The zero-order valence-electron chi connectivity index (χ0n) is 11.3. The lowest BCUT2D eigenvalue weighted by molar-refractivity contribution is -0.274. The van der Waals surface area contributed by atoms with Crippen LogP contribution in [0.3, 0.4) is 0 Å². The van der Waals surface area contributed by atoms with Crippen LogP contribution in [0.2, 0.25) is 0 Å².